The van der Waals surface area contributed by atoms with Crippen LogP contribution < -0.4 is 4.74 Å². The number of rotatable bonds is 5. The second kappa shape index (κ2) is 6.53. The zero-order valence-electron chi connectivity index (χ0n) is 12.1. The fraction of sp³-hybridized carbons (Fsp3) is 0.600. The van der Waals surface area contributed by atoms with Crippen molar-refractivity contribution >= 4 is 19.7 Å². The molecule has 3 nitrogen and oxygen atoms in total. The summed E-state index contributed by atoms with van der Waals surface area (Å²) in [5.41, 5.74) is 0.273. The Balaban J connectivity index is 2.12. The molecule has 0 spiro atoms. The van der Waals surface area contributed by atoms with Gasteiger partial charge >= 0.3 is 0 Å². The van der Waals surface area contributed by atoms with E-state index in [9.17, 15) is 12.8 Å². The van der Waals surface area contributed by atoms with Crippen LogP contribution in [0.4, 0.5) is 4.39 Å². The van der Waals surface area contributed by atoms with E-state index in [2.05, 4.69) is 0 Å². The molecule has 0 aromatic heterocycles. The van der Waals surface area contributed by atoms with Gasteiger partial charge in [0.15, 0.2) is 0 Å². The normalized spacial score (nSPS) is 18.4. The van der Waals surface area contributed by atoms with E-state index in [0.717, 1.165) is 32.1 Å². The molecule has 118 valence electrons. The lowest BCUT2D eigenvalue weighted by Crippen LogP contribution is -2.37. The molecule has 1 aliphatic carbocycles. The highest BCUT2D eigenvalue weighted by Crippen LogP contribution is 2.39. The molecule has 0 unspecified atom stereocenters. The first-order valence-corrected chi connectivity index (χ1v) is 9.59. The number of aryl methyl sites for hydroxylation is 1. The number of ether oxygens (including phenoxy) is 1. The summed E-state index contributed by atoms with van der Waals surface area (Å²) >= 11 is 0. The van der Waals surface area contributed by atoms with Crippen molar-refractivity contribution in [1.29, 1.82) is 0 Å². The maximum atomic E-state index is 13.1. The van der Waals surface area contributed by atoms with E-state index in [4.69, 9.17) is 15.4 Å². The fourth-order valence-electron chi connectivity index (χ4n) is 3.00. The van der Waals surface area contributed by atoms with Gasteiger partial charge in [-0.1, -0.05) is 19.3 Å². The predicted molar refractivity (Wildman–Crippen MR) is 81.8 cm³/mol. The predicted octanol–water partition coefficient (Wildman–Crippen LogP) is 4.03. The maximum absolute atomic E-state index is 13.1. The van der Waals surface area contributed by atoms with Crippen molar-refractivity contribution in [3.63, 3.8) is 0 Å². The Kier molecular flexibility index (Phi) is 5.15. The van der Waals surface area contributed by atoms with Gasteiger partial charge in [0, 0.05) is 16.1 Å². The Morgan fingerprint density at radius 1 is 1.29 bits per heavy atom. The number of halogens is 2. The molecule has 0 heterocycles. The molecule has 1 fully saturated rings. The highest BCUT2D eigenvalue weighted by molar-refractivity contribution is 8.13. The lowest BCUT2D eigenvalue weighted by molar-refractivity contribution is 0.118. The van der Waals surface area contributed by atoms with Crippen molar-refractivity contribution in [3.8, 4) is 5.75 Å². The van der Waals surface area contributed by atoms with Crippen molar-refractivity contribution in [1.82, 2.24) is 0 Å². The summed E-state index contributed by atoms with van der Waals surface area (Å²) in [7, 11) is 1.89. The largest absolute Gasteiger partial charge is 0.493 e. The van der Waals surface area contributed by atoms with Gasteiger partial charge in [-0.05, 0) is 43.5 Å². The van der Waals surface area contributed by atoms with Crippen LogP contribution in [-0.4, -0.2) is 20.8 Å². The smallest absolute Gasteiger partial charge is 0.233 e. The fourth-order valence-corrected chi connectivity index (χ4v) is 4.80. The summed E-state index contributed by atoms with van der Waals surface area (Å²) in [4.78, 5) is 0. The molecule has 1 aromatic rings. The molecule has 1 aromatic carbocycles. The van der Waals surface area contributed by atoms with Crippen LogP contribution in [0.25, 0.3) is 0 Å². The van der Waals surface area contributed by atoms with Crippen molar-refractivity contribution in [3.05, 3.63) is 29.6 Å². The average Bonchev–Trinajstić information content (AvgIpc) is 2.37. The SMILES string of the molecule is Cc1cc(F)ccc1OCC1(CS(=O)(=O)Cl)CCCCC1. The molecule has 0 amide bonds. The second-order valence-electron chi connectivity index (χ2n) is 5.94. The second-order valence-corrected chi connectivity index (χ2v) is 8.72. The Morgan fingerprint density at radius 2 is 1.95 bits per heavy atom. The van der Waals surface area contributed by atoms with E-state index >= 15 is 0 Å². The third-order valence-electron chi connectivity index (χ3n) is 4.06. The van der Waals surface area contributed by atoms with Crippen LogP contribution in [0, 0.1) is 18.2 Å². The number of hydrogen-bond donors (Lipinski definition) is 0. The Hall–Kier alpha value is -0.810. The van der Waals surface area contributed by atoms with Gasteiger partial charge in [-0.2, -0.15) is 0 Å². The molecule has 0 radical (unpaired) electrons. The minimum atomic E-state index is -3.57. The molecule has 0 aliphatic heterocycles. The Morgan fingerprint density at radius 3 is 2.52 bits per heavy atom. The van der Waals surface area contributed by atoms with Gasteiger partial charge in [-0.3, -0.25) is 0 Å². The molecule has 0 atom stereocenters. The zero-order chi connectivity index (χ0) is 15.5. The lowest BCUT2D eigenvalue weighted by Gasteiger charge is -2.36. The molecule has 0 saturated heterocycles. The molecule has 2 rings (SSSR count). The average molecular weight is 335 g/mol. The molecule has 1 saturated carbocycles. The summed E-state index contributed by atoms with van der Waals surface area (Å²) in [6.45, 7) is 2.07. The summed E-state index contributed by atoms with van der Waals surface area (Å²) in [5.74, 6) is 0.214. The highest BCUT2D eigenvalue weighted by Gasteiger charge is 2.37. The zero-order valence-corrected chi connectivity index (χ0v) is 13.6. The molecular weight excluding hydrogens is 315 g/mol. The minimum Gasteiger partial charge on any atom is -0.493 e. The summed E-state index contributed by atoms with van der Waals surface area (Å²) < 4.78 is 41.9. The first kappa shape index (κ1) is 16.6. The van der Waals surface area contributed by atoms with Crippen LogP contribution in [0.5, 0.6) is 5.75 Å². The monoisotopic (exact) mass is 334 g/mol. The van der Waals surface area contributed by atoms with Crippen LogP contribution in [0.1, 0.15) is 37.7 Å². The van der Waals surface area contributed by atoms with Crippen molar-refractivity contribution < 1.29 is 17.5 Å². The van der Waals surface area contributed by atoms with Gasteiger partial charge < -0.3 is 4.74 Å². The van der Waals surface area contributed by atoms with E-state index in [0.29, 0.717) is 17.9 Å². The van der Waals surface area contributed by atoms with E-state index in [1.165, 1.54) is 12.1 Å². The van der Waals surface area contributed by atoms with Crippen LogP contribution in [0.2, 0.25) is 0 Å². The molecule has 0 bridgehead atoms. The first-order valence-electron chi connectivity index (χ1n) is 7.11. The van der Waals surface area contributed by atoms with Gasteiger partial charge in [0.2, 0.25) is 9.05 Å². The standard InChI is InChI=1S/C15H20ClFO3S/c1-12-9-13(17)5-6-14(12)20-10-15(11-21(16,18)19)7-3-2-4-8-15/h5-6,9H,2-4,7-8,10-11H2,1H3. The van der Waals surface area contributed by atoms with Crippen LogP contribution in [0.3, 0.4) is 0 Å². The van der Waals surface area contributed by atoms with Gasteiger partial charge in [-0.15, -0.1) is 0 Å². The van der Waals surface area contributed by atoms with Crippen molar-refractivity contribution in [2.24, 2.45) is 5.41 Å². The third kappa shape index (κ3) is 4.85. The van der Waals surface area contributed by atoms with Gasteiger partial charge in [0.25, 0.3) is 0 Å². The number of hydrogen-bond acceptors (Lipinski definition) is 3. The van der Waals surface area contributed by atoms with E-state index < -0.39 is 14.5 Å². The van der Waals surface area contributed by atoms with Crippen LogP contribution in [0.15, 0.2) is 18.2 Å². The van der Waals surface area contributed by atoms with Crippen LogP contribution in [-0.2, 0) is 9.05 Å². The third-order valence-corrected chi connectivity index (χ3v) is 5.35. The van der Waals surface area contributed by atoms with E-state index in [-0.39, 0.29) is 11.6 Å². The Bertz CT molecular complexity index is 595. The maximum Gasteiger partial charge on any atom is 0.233 e. The van der Waals surface area contributed by atoms with Gasteiger partial charge in [-0.25, -0.2) is 12.8 Å². The van der Waals surface area contributed by atoms with Crippen molar-refractivity contribution in [2.45, 2.75) is 39.0 Å². The lowest BCUT2D eigenvalue weighted by atomic mass is 9.76. The van der Waals surface area contributed by atoms with Gasteiger partial charge in [0.05, 0.1) is 12.4 Å². The molecular formula is C15H20ClFO3S. The first-order chi connectivity index (χ1) is 9.80. The van der Waals surface area contributed by atoms with Crippen LogP contribution >= 0.6 is 10.7 Å². The van der Waals surface area contributed by atoms with E-state index in [1.807, 2.05) is 0 Å². The molecule has 21 heavy (non-hydrogen) atoms. The van der Waals surface area contributed by atoms with E-state index in [1.54, 1.807) is 13.0 Å². The van der Waals surface area contributed by atoms with Crippen molar-refractivity contribution in [2.75, 3.05) is 12.4 Å². The summed E-state index contributed by atoms with van der Waals surface area (Å²) in [5, 5.41) is 0. The molecule has 1 aliphatic rings. The summed E-state index contributed by atoms with van der Waals surface area (Å²) in [6.07, 6.45) is 4.66. The highest BCUT2D eigenvalue weighted by atomic mass is 35.7. The number of benzene rings is 1. The molecule has 0 N–H and O–H groups in total. The van der Waals surface area contributed by atoms with Gasteiger partial charge in [0.1, 0.15) is 11.6 Å². The quantitative estimate of drug-likeness (QED) is 0.763. The topological polar surface area (TPSA) is 43.4 Å². The Labute approximate surface area is 129 Å². The minimum absolute atomic E-state index is 0.0677. The molecule has 6 heteroatoms. The summed E-state index contributed by atoms with van der Waals surface area (Å²) in [6, 6.07) is 4.33.